The van der Waals surface area contributed by atoms with E-state index in [0.29, 0.717) is 11.3 Å². The summed E-state index contributed by atoms with van der Waals surface area (Å²) in [4.78, 5) is 24.8. The zero-order chi connectivity index (χ0) is 10.7. The third-order valence-electron chi connectivity index (χ3n) is 1.76. The second-order valence-corrected chi connectivity index (χ2v) is 2.81. The van der Waals surface area contributed by atoms with Crippen molar-refractivity contribution in [2.24, 2.45) is 0 Å². The topological polar surface area (TPSA) is 85.2 Å². The summed E-state index contributed by atoms with van der Waals surface area (Å²) in [6.45, 7) is 3.62. The van der Waals surface area contributed by atoms with Crippen LogP contribution in [0.5, 0.6) is 0 Å². The van der Waals surface area contributed by atoms with Crippen molar-refractivity contribution in [1.82, 2.24) is 4.98 Å². The van der Waals surface area contributed by atoms with E-state index >= 15 is 0 Å². The van der Waals surface area contributed by atoms with E-state index in [1.807, 2.05) is 0 Å². The predicted octanol–water partition coefficient (Wildman–Crippen LogP) is 0.442. The molecule has 1 aromatic rings. The van der Waals surface area contributed by atoms with Crippen LogP contribution in [-0.4, -0.2) is 17.6 Å². The molecule has 0 unspecified atom stereocenters. The largest absolute Gasteiger partial charge is 0.462 e. The van der Waals surface area contributed by atoms with Gasteiger partial charge in [-0.3, -0.25) is 4.79 Å². The Labute approximate surface area is 80.9 Å². The molecule has 0 saturated heterocycles. The normalized spacial score (nSPS) is 9.86. The van der Waals surface area contributed by atoms with Crippen LogP contribution in [-0.2, 0) is 4.74 Å². The number of carbonyl (C=O) groups is 1. The summed E-state index contributed by atoms with van der Waals surface area (Å²) in [5.41, 5.74) is 5.75. The van der Waals surface area contributed by atoms with Crippen LogP contribution in [0.2, 0.25) is 0 Å². The van der Waals surface area contributed by atoms with Crippen LogP contribution in [0.4, 0.5) is 5.69 Å². The predicted molar refractivity (Wildman–Crippen MR) is 52.2 cm³/mol. The minimum atomic E-state index is -0.479. The van der Waals surface area contributed by atoms with Crippen LogP contribution >= 0.6 is 0 Å². The Morgan fingerprint density at radius 1 is 1.64 bits per heavy atom. The first-order valence-corrected chi connectivity index (χ1v) is 4.22. The highest BCUT2D eigenvalue weighted by Gasteiger charge is 2.11. The van der Waals surface area contributed by atoms with Gasteiger partial charge in [0.25, 0.3) is 5.56 Å². The maximum Gasteiger partial charge on any atom is 0.339 e. The van der Waals surface area contributed by atoms with E-state index in [-0.39, 0.29) is 12.3 Å². The van der Waals surface area contributed by atoms with Crippen LogP contribution < -0.4 is 11.3 Å². The average molecular weight is 196 g/mol. The highest BCUT2D eigenvalue weighted by molar-refractivity contribution is 5.91. The number of nitrogens with two attached hydrogens (primary N) is 1. The molecule has 0 fully saturated rings. The number of nitrogens with one attached hydrogen (secondary N) is 1. The van der Waals surface area contributed by atoms with E-state index in [1.165, 1.54) is 6.07 Å². The SMILES string of the molecule is CCOC(=O)c1cc(N)c(=O)[nH]c1C. The van der Waals surface area contributed by atoms with Gasteiger partial charge in [-0.05, 0) is 19.9 Å². The molecule has 14 heavy (non-hydrogen) atoms. The monoisotopic (exact) mass is 196 g/mol. The van der Waals surface area contributed by atoms with Crippen molar-refractivity contribution in [2.75, 3.05) is 12.3 Å². The molecule has 0 spiro atoms. The number of rotatable bonds is 2. The Morgan fingerprint density at radius 2 is 2.29 bits per heavy atom. The molecule has 0 atom stereocenters. The van der Waals surface area contributed by atoms with Gasteiger partial charge in [0, 0.05) is 5.69 Å². The van der Waals surface area contributed by atoms with E-state index in [9.17, 15) is 9.59 Å². The van der Waals surface area contributed by atoms with Gasteiger partial charge >= 0.3 is 5.97 Å². The lowest BCUT2D eigenvalue weighted by molar-refractivity contribution is 0.0525. The van der Waals surface area contributed by atoms with Gasteiger partial charge in [-0.25, -0.2) is 4.79 Å². The molecule has 1 rings (SSSR count). The van der Waals surface area contributed by atoms with Gasteiger partial charge in [0.1, 0.15) is 0 Å². The van der Waals surface area contributed by atoms with Crippen LogP contribution in [0.25, 0.3) is 0 Å². The number of esters is 1. The second kappa shape index (κ2) is 3.95. The van der Waals surface area contributed by atoms with Crippen LogP contribution in [0.3, 0.4) is 0 Å². The Hall–Kier alpha value is -1.78. The smallest absolute Gasteiger partial charge is 0.339 e. The molecule has 3 N–H and O–H groups in total. The summed E-state index contributed by atoms with van der Waals surface area (Å²) in [7, 11) is 0. The van der Waals surface area contributed by atoms with E-state index in [1.54, 1.807) is 13.8 Å². The fourth-order valence-electron chi connectivity index (χ4n) is 1.06. The highest BCUT2D eigenvalue weighted by atomic mass is 16.5. The minimum absolute atomic E-state index is 0.0126. The van der Waals surface area contributed by atoms with Crippen molar-refractivity contribution in [3.8, 4) is 0 Å². The maximum absolute atomic E-state index is 11.3. The molecule has 0 aliphatic rings. The molecule has 5 heteroatoms. The van der Waals surface area contributed by atoms with Crippen molar-refractivity contribution in [3.63, 3.8) is 0 Å². The number of hydrogen-bond acceptors (Lipinski definition) is 4. The zero-order valence-corrected chi connectivity index (χ0v) is 8.09. The Kier molecular flexibility index (Phi) is 2.91. The summed E-state index contributed by atoms with van der Waals surface area (Å²) in [6, 6.07) is 1.33. The first-order chi connectivity index (χ1) is 6.56. The summed E-state index contributed by atoms with van der Waals surface area (Å²) < 4.78 is 4.79. The molecule has 0 aromatic carbocycles. The molecule has 5 nitrogen and oxygen atoms in total. The van der Waals surface area contributed by atoms with Crippen LogP contribution in [0.1, 0.15) is 23.0 Å². The quantitative estimate of drug-likeness (QED) is 0.672. The third kappa shape index (κ3) is 1.93. The van der Waals surface area contributed by atoms with E-state index < -0.39 is 11.5 Å². The standard InChI is InChI=1S/C9H12N2O3/c1-3-14-9(13)6-4-7(10)8(12)11-5(6)2/h4H,3,10H2,1-2H3,(H,11,12). The molecule has 76 valence electrons. The summed E-state index contributed by atoms with van der Waals surface area (Å²) in [5, 5.41) is 0. The molecule has 0 saturated carbocycles. The first-order valence-electron chi connectivity index (χ1n) is 4.22. The number of pyridine rings is 1. The van der Waals surface area contributed by atoms with E-state index in [2.05, 4.69) is 4.98 Å². The van der Waals surface area contributed by atoms with Crippen molar-refractivity contribution in [3.05, 3.63) is 27.7 Å². The Balaban J connectivity index is 3.16. The van der Waals surface area contributed by atoms with E-state index in [0.717, 1.165) is 0 Å². The molecule has 0 aliphatic heterocycles. The molecule has 1 heterocycles. The average Bonchev–Trinajstić information content (AvgIpc) is 2.11. The van der Waals surface area contributed by atoms with Crippen LogP contribution in [0, 0.1) is 6.92 Å². The fourth-order valence-corrected chi connectivity index (χ4v) is 1.06. The lowest BCUT2D eigenvalue weighted by Gasteiger charge is -2.05. The van der Waals surface area contributed by atoms with Gasteiger partial charge in [0.05, 0.1) is 17.9 Å². The molecule has 1 aromatic heterocycles. The Morgan fingerprint density at radius 3 is 2.86 bits per heavy atom. The maximum atomic E-state index is 11.3. The number of carbonyl (C=O) groups excluding carboxylic acids is 1. The number of anilines is 1. The van der Waals surface area contributed by atoms with Gasteiger partial charge in [-0.15, -0.1) is 0 Å². The molecule has 0 bridgehead atoms. The number of aromatic nitrogens is 1. The lowest BCUT2D eigenvalue weighted by Crippen LogP contribution is -2.17. The number of aryl methyl sites for hydroxylation is 1. The minimum Gasteiger partial charge on any atom is -0.462 e. The Bertz CT molecular complexity index is 409. The second-order valence-electron chi connectivity index (χ2n) is 2.81. The van der Waals surface area contributed by atoms with Gasteiger partial charge in [-0.2, -0.15) is 0 Å². The molecular weight excluding hydrogens is 184 g/mol. The van der Waals surface area contributed by atoms with Crippen LogP contribution in [0.15, 0.2) is 10.9 Å². The zero-order valence-electron chi connectivity index (χ0n) is 8.09. The van der Waals surface area contributed by atoms with Crippen molar-refractivity contribution in [2.45, 2.75) is 13.8 Å². The molecule has 0 aliphatic carbocycles. The van der Waals surface area contributed by atoms with Crippen molar-refractivity contribution in [1.29, 1.82) is 0 Å². The number of ether oxygens (including phenoxy) is 1. The molecule has 0 radical (unpaired) electrons. The van der Waals surface area contributed by atoms with E-state index in [4.69, 9.17) is 10.5 Å². The van der Waals surface area contributed by atoms with Crippen molar-refractivity contribution >= 4 is 11.7 Å². The number of nitrogen functional groups attached to an aromatic ring is 1. The summed E-state index contributed by atoms with van der Waals surface area (Å²) in [6.07, 6.45) is 0. The van der Waals surface area contributed by atoms with Gasteiger partial charge in [0.2, 0.25) is 0 Å². The third-order valence-corrected chi connectivity index (χ3v) is 1.76. The van der Waals surface area contributed by atoms with Gasteiger partial charge in [-0.1, -0.05) is 0 Å². The van der Waals surface area contributed by atoms with Gasteiger partial charge in [0.15, 0.2) is 0 Å². The molecule has 0 amide bonds. The first kappa shape index (κ1) is 10.3. The highest BCUT2D eigenvalue weighted by Crippen LogP contribution is 2.07. The van der Waals surface area contributed by atoms with Crippen molar-refractivity contribution < 1.29 is 9.53 Å². The lowest BCUT2D eigenvalue weighted by atomic mass is 10.2. The molecular formula is C9H12N2O3. The number of hydrogen-bond donors (Lipinski definition) is 2. The summed E-state index contributed by atoms with van der Waals surface area (Å²) >= 11 is 0. The fraction of sp³-hybridized carbons (Fsp3) is 0.333. The number of H-pyrrole nitrogens is 1. The summed E-state index contributed by atoms with van der Waals surface area (Å²) in [5.74, 6) is -0.479. The van der Waals surface area contributed by atoms with Gasteiger partial charge < -0.3 is 15.5 Å². The number of aromatic amines is 1.